The molecule has 1 aliphatic heterocycles. The summed E-state index contributed by atoms with van der Waals surface area (Å²) in [6.45, 7) is 4.43. The van der Waals surface area contributed by atoms with E-state index in [1.165, 1.54) is 4.31 Å². The van der Waals surface area contributed by atoms with Crippen LogP contribution < -0.4 is 5.73 Å². The average molecular weight is 268 g/mol. The molecule has 1 heterocycles. The second-order valence-corrected chi connectivity index (χ2v) is 6.70. The Labute approximate surface area is 109 Å². The Morgan fingerprint density at radius 3 is 2.39 bits per heavy atom. The van der Waals surface area contributed by atoms with Crippen molar-refractivity contribution < 1.29 is 8.42 Å². The number of hydrogen-bond donors (Lipinski definition) is 1. The molecule has 1 fully saturated rings. The highest BCUT2D eigenvalue weighted by Gasteiger charge is 2.37. The number of rotatable bonds is 3. The van der Waals surface area contributed by atoms with Gasteiger partial charge in [-0.15, -0.1) is 0 Å². The van der Waals surface area contributed by atoms with Gasteiger partial charge in [0.05, 0.1) is 4.90 Å². The van der Waals surface area contributed by atoms with Crippen molar-refractivity contribution in [3.8, 4) is 0 Å². The van der Waals surface area contributed by atoms with E-state index in [0.717, 1.165) is 18.4 Å². The van der Waals surface area contributed by atoms with Gasteiger partial charge in [0.1, 0.15) is 0 Å². The molecule has 1 aliphatic rings. The Balaban J connectivity index is 2.30. The molecule has 0 amide bonds. The summed E-state index contributed by atoms with van der Waals surface area (Å²) < 4.78 is 26.4. The lowest BCUT2D eigenvalue weighted by atomic mass is 10.2. The molecule has 0 radical (unpaired) electrons. The molecular weight excluding hydrogens is 248 g/mol. The van der Waals surface area contributed by atoms with Crippen molar-refractivity contribution in [1.82, 2.24) is 4.31 Å². The van der Waals surface area contributed by atoms with E-state index in [0.29, 0.717) is 11.4 Å². The zero-order chi connectivity index (χ0) is 13.3. The van der Waals surface area contributed by atoms with Crippen molar-refractivity contribution in [3.63, 3.8) is 0 Å². The molecule has 5 heteroatoms. The summed E-state index contributed by atoms with van der Waals surface area (Å²) in [6, 6.07) is 6.92. The maximum atomic E-state index is 12.5. The number of benzene rings is 1. The highest BCUT2D eigenvalue weighted by Crippen LogP contribution is 2.25. The Morgan fingerprint density at radius 1 is 1.33 bits per heavy atom. The summed E-state index contributed by atoms with van der Waals surface area (Å²) in [7, 11) is -3.39. The molecule has 0 aliphatic carbocycles. The fraction of sp³-hybridized carbons (Fsp3) is 0.538. The zero-order valence-electron chi connectivity index (χ0n) is 10.8. The first kappa shape index (κ1) is 13.5. The third-order valence-corrected chi connectivity index (χ3v) is 5.70. The molecule has 0 bridgehead atoms. The highest BCUT2D eigenvalue weighted by molar-refractivity contribution is 7.89. The van der Waals surface area contributed by atoms with E-state index >= 15 is 0 Å². The van der Waals surface area contributed by atoms with E-state index in [2.05, 4.69) is 0 Å². The van der Waals surface area contributed by atoms with Crippen molar-refractivity contribution >= 4 is 10.0 Å². The van der Waals surface area contributed by atoms with Crippen LogP contribution >= 0.6 is 0 Å². The predicted molar refractivity (Wildman–Crippen MR) is 71.8 cm³/mol. The summed E-state index contributed by atoms with van der Waals surface area (Å²) >= 11 is 0. The van der Waals surface area contributed by atoms with Crippen LogP contribution in [0.1, 0.15) is 25.8 Å². The number of sulfonamides is 1. The smallest absolute Gasteiger partial charge is 0.243 e. The van der Waals surface area contributed by atoms with Crippen LogP contribution in [0.3, 0.4) is 0 Å². The Hall–Kier alpha value is -0.910. The van der Waals surface area contributed by atoms with Crippen LogP contribution in [0.25, 0.3) is 0 Å². The van der Waals surface area contributed by atoms with Gasteiger partial charge in [0, 0.05) is 18.6 Å². The van der Waals surface area contributed by atoms with Crippen LogP contribution in [0, 0.1) is 0 Å². The molecule has 0 spiro atoms. The summed E-state index contributed by atoms with van der Waals surface area (Å²) in [5, 5.41) is 0. The SMILES string of the molecule is CCc1ccc(S(=O)(=O)N2CCC(N)C2C)cc1. The van der Waals surface area contributed by atoms with Gasteiger partial charge in [0.2, 0.25) is 10.0 Å². The molecule has 1 saturated heterocycles. The summed E-state index contributed by atoms with van der Waals surface area (Å²) in [5.74, 6) is 0. The lowest BCUT2D eigenvalue weighted by Crippen LogP contribution is -2.40. The molecule has 2 rings (SSSR count). The van der Waals surface area contributed by atoms with Gasteiger partial charge in [0.15, 0.2) is 0 Å². The van der Waals surface area contributed by atoms with Gasteiger partial charge in [-0.2, -0.15) is 4.31 Å². The van der Waals surface area contributed by atoms with E-state index in [1.807, 2.05) is 26.0 Å². The molecule has 2 N–H and O–H groups in total. The minimum absolute atomic E-state index is 0.0605. The predicted octanol–water partition coefficient (Wildman–Crippen LogP) is 1.36. The van der Waals surface area contributed by atoms with Gasteiger partial charge >= 0.3 is 0 Å². The largest absolute Gasteiger partial charge is 0.326 e. The minimum Gasteiger partial charge on any atom is -0.326 e. The minimum atomic E-state index is -3.39. The van der Waals surface area contributed by atoms with Crippen molar-refractivity contribution in [2.75, 3.05) is 6.54 Å². The second-order valence-electron chi connectivity index (χ2n) is 4.81. The third-order valence-electron chi connectivity index (χ3n) is 3.69. The van der Waals surface area contributed by atoms with Crippen molar-refractivity contribution in [2.45, 2.75) is 43.7 Å². The summed E-state index contributed by atoms with van der Waals surface area (Å²) in [5.41, 5.74) is 7.02. The van der Waals surface area contributed by atoms with E-state index in [9.17, 15) is 8.42 Å². The van der Waals surface area contributed by atoms with E-state index < -0.39 is 10.0 Å². The van der Waals surface area contributed by atoms with Gasteiger partial charge in [-0.1, -0.05) is 19.1 Å². The Morgan fingerprint density at radius 2 is 1.94 bits per heavy atom. The van der Waals surface area contributed by atoms with Gasteiger partial charge < -0.3 is 5.73 Å². The standard InChI is InChI=1S/C13H20N2O2S/c1-3-11-4-6-12(7-5-11)18(16,17)15-9-8-13(14)10(15)2/h4-7,10,13H,3,8-9,14H2,1-2H3. The molecule has 18 heavy (non-hydrogen) atoms. The maximum absolute atomic E-state index is 12.5. The fourth-order valence-corrected chi connectivity index (χ4v) is 4.00. The Bertz CT molecular complexity index is 510. The van der Waals surface area contributed by atoms with Crippen LogP contribution in [0.4, 0.5) is 0 Å². The summed E-state index contributed by atoms with van der Waals surface area (Å²) in [4.78, 5) is 0.362. The lowest BCUT2D eigenvalue weighted by molar-refractivity contribution is 0.393. The number of aryl methyl sites for hydroxylation is 1. The van der Waals surface area contributed by atoms with Gasteiger partial charge in [-0.05, 0) is 37.5 Å². The highest BCUT2D eigenvalue weighted by atomic mass is 32.2. The number of nitrogens with zero attached hydrogens (tertiary/aromatic N) is 1. The van der Waals surface area contributed by atoms with E-state index in [1.54, 1.807) is 12.1 Å². The molecule has 2 atom stereocenters. The Kier molecular flexibility index (Phi) is 3.75. The fourth-order valence-electron chi connectivity index (χ4n) is 2.31. The monoisotopic (exact) mass is 268 g/mol. The molecule has 100 valence electrons. The van der Waals surface area contributed by atoms with Crippen LogP contribution in [0.15, 0.2) is 29.2 Å². The van der Waals surface area contributed by atoms with Gasteiger partial charge in [-0.25, -0.2) is 8.42 Å². The summed E-state index contributed by atoms with van der Waals surface area (Å²) in [6.07, 6.45) is 1.64. The first-order valence-electron chi connectivity index (χ1n) is 6.33. The molecule has 1 aromatic carbocycles. The van der Waals surface area contributed by atoms with Crippen molar-refractivity contribution in [2.24, 2.45) is 5.73 Å². The third kappa shape index (κ3) is 2.30. The average Bonchev–Trinajstić information content (AvgIpc) is 2.70. The molecular formula is C13H20N2O2S. The quantitative estimate of drug-likeness (QED) is 0.900. The van der Waals surface area contributed by atoms with Gasteiger partial charge in [-0.3, -0.25) is 0 Å². The van der Waals surface area contributed by atoms with Crippen molar-refractivity contribution in [3.05, 3.63) is 29.8 Å². The molecule has 0 aromatic heterocycles. The normalized spacial score (nSPS) is 25.5. The first-order valence-corrected chi connectivity index (χ1v) is 7.77. The van der Waals surface area contributed by atoms with Gasteiger partial charge in [0.25, 0.3) is 0 Å². The first-order chi connectivity index (χ1) is 8.46. The zero-order valence-corrected chi connectivity index (χ0v) is 11.7. The molecule has 4 nitrogen and oxygen atoms in total. The van der Waals surface area contributed by atoms with E-state index in [4.69, 9.17) is 5.73 Å². The maximum Gasteiger partial charge on any atom is 0.243 e. The number of hydrogen-bond acceptors (Lipinski definition) is 3. The number of nitrogens with two attached hydrogens (primary N) is 1. The van der Waals surface area contributed by atoms with Crippen LogP contribution in [0.5, 0.6) is 0 Å². The van der Waals surface area contributed by atoms with Crippen LogP contribution in [0.2, 0.25) is 0 Å². The van der Waals surface area contributed by atoms with E-state index in [-0.39, 0.29) is 12.1 Å². The molecule has 1 aromatic rings. The lowest BCUT2D eigenvalue weighted by Gasteiger charge is -2.22. The second kappa shape index (κ2) is 4.99. The molecule has 2 unspecified atom stereocenters. The topological polar surface area (TPSA) is 63.4 Å². The van der Waals surface area contributed by atoms with Crippen LogP contribution in [-0.2, 0) is 16.4 Å². The van der Waals surface area contributed by atoms with Crippen molar-refractivity contribution in [1.29, 1.82) is 0 Å². The van der Waals surface area contributed by atoms with Crippen LogP contribution in [-0.4, -0.2) is 31.4 Å². The molecule has 0 saturated carbocycles.